The van der Waals surface area contributed by atoms with Crippen molar-refractivity contribution in [3.8, 4) is 11.1 Å². The van der Waals surface area contributed by atoms with Gasteiger partial charge in [-0.15, -0.1) is 0 Å². The van der Waals surface area contributed by atoms with E-state index in [-0.39, 0.29) is 36.1 Å². The molecule has 1 aliphatic carbocycles. The minimum atomic E-state index is -0.621. The number of hydrogen-bond acceptors (Lipinski definition) is 6. The van der Waals surface area contributed by atoms with Crippen molar-refractivity contribution in [3.63, 3.8) is 0 Å². The van der Waals surface area contributed by atoms with Gasteiger partial charge in [0.25, 0.3) is 0 Å². The third kappa shape index (κ3) is 3.06. The predicted molar refractivity (Wildman–Crippen MR) is 126 cm³/mol. The van der Waals surface area contributed by atoms with Crippen LogP contribution in [0.15, 0.2) is 18.2 Å². The van der Waals surface area contributed by atoms with Gasteiger partial charge in [-0.3, -0.25) is 24.2 Å². The number of anilines is 1. The summed E-state index contributed by atoms with van der Waals surface area (Å²) in [5.74, 6) is -1.06. The SMILES string of the molecule is Cc1ccc2c(c1)N(C(=O)CN1C(=O)C3CCCCC3C1=O)C(C)(C)c1ssc(=S)c1-2. The van der Waals surface area contributed by atoms with Crippen molar-refractivity contribution in [3.05, 3.63) is 32.5 Å². The predicted octanol–water partition coefficient (Wildman–Crippen LogP) is 5.27. The zero-order chi connectivity index (χ0) is 22.1. The molecule has 162 valence electrons. The molecule has 1 aromatic heterocycles. The summed E-state index contributed by atoms with van der Waals surface area (Å²) in [6, 6.07) is 6.05. The fourth-order valence-electron chi connectivity index (χ4n) is 5.38. The van der Waals surface area contributed by atoms with Gasteiger partial charge in [0.1, 0.15) is 10.4 Å². The van der Waals surface area contributed by atoms with Crippen molar-refractivity contribution in [2.24, 2.45) is 11.8 Å². The molecule has 0 radical (unpaired) electrons. The Morgan fingerprint density at radius 2 is 1.77 bits per heavy atom. The molecule has 1 saturated heterocycles. The third-order valence-electron chi connectivity index (χ3n) is 6.89. The van der Waals surface area contributed by atoms with Gasteiger partial charge in [0, 0.05) is 11.1 Å². The first-order valence-corrected chi connectivity index (χ1v) is 13.2. The number of carbonyl (C=O) groups excluding carboxylic acids is 3. The highest BCUT2D eigenvalue weighted by molar-refractivity contribution is 7.80. The topological polar surface area (TPSA) is 57.7 Å². The number of imide groups is 1. The number of nitrogens with zero attached hydrogens (tertiary/aromatic N) is 2. The van der Waals surface area contributed by atoms with E-state index < -0.39 is 5.54 Å². The van der Waals surface area contributed by atoms with Crippen LogP contribution < -0.4 is 4.90 Å². The van der Waals surface area contributed by atoms with Gasteiger partial charge in [0.2, 0.25) is 17.7 Å². The van der Waals surface area contributed by atoms with E-state index in [0.29, 0.717) is 0 Å². The van der Waals surface area contributed by atoms with Gasteiger partial charge < -0.3 is 0 Å². The summed E-state index contributed by atoms with van der Waals surface area (Å²) in [7, 11) is 3.16. The smallest absolute Gasteiger partial charge is 0.247 e. The van der Waals surface area contributed by atoms with Crippen LogP contribution in [-0.2, 0) is 19.9 Å². The first-order valence-electron chi connectivity index (χ1n) is 10.6. The second kappa shape index (κ2) is 7.32. The van der Waals surface area contributed by atoms with E-state index in [4.69, 9.17) is 12.2 Å². The molecule has 8 heteroatoms. The molecule has 2 aromatic rings. The number of aryl methyl sites for hydroxylation is 1. The highest BCUT2D eigenvalue weighted by Gasteiger charge is 2.50. The summed E-state index contributed by atoms with van der Waals surface area (Å²) >= 11 is 5.62. The lowest BCUT2D eigenvalue weighted by Crippen LogP contribution is -2.52. The molecule has 2 aliphatic heterocycles. The molecule has 5 nitrogen and oxygen atoms in total. The Bertz CT molecular complexity index is 1150. The molecule has 2 fully saturated rings. The molecule has 1 aromatic carbocycles. The number of rotatable bonds is 2. The van der Waals surface area contributed by atoms with Crippen LogP contribution in [0.4, 0.5) is 5.69 Å². The quantitative estimate of drug-likeness (QED) is 0.339. The van der Waals surface area contributed by atoms with Crippen molar-refractivity contribution >= 4 is 56.3 Å². The second-order valence-corrected chi connectivity index (χ2v) is 12.0. The van der Waals surface area contributed by atoms with Crippen LogP contribution in [0.25, 0.3) is 11.1 Å². The summed E-state index contributed by atoms with van der Waals surface area (Å²) in [6.07, 6.45) is 3.44. The Morgan fingerprint density at radius 3 is 2.42 bits per heavy atom. The molecule has 3 aliphatic rings. The average molecular weight is 473 g/mol. The van der Waals surface area contributed by atoms with Crippen LogP contribution in [0.1, 0.15) is 50.0 Å². The fraction of sp³-hybridized carbons (Fsp3) is 0.478. The summed E-state index contributed by atoms with van der Waals surface area (Å²) in [6.45, 7) is 5.82. The monoisotopic (exact) mass is 472 g/mol. The summed E-state index contributed by atoms with van der Waals surface area (Å²) < 4.78 is 0.833. The summed E-state index contributed by atoms with van der Waals surface area (Å²) in [5, 5.41) is 0. The van der Waals surface area contributed by atoms with Crippen molar-refractivity contribution in [1.29, 1.82) is 0 Å². The Morgan fingerprint density at radius 1 is 1.13 bits per heavy atom. The largest absolute Gasteiger partial charge is 0.300 e. The standard InChI is InChI=1S/C23H24N2O3S3/c1-12-8-9-15-16(10-12)25(23(2,3)19-18(15)22(29)31-30-19)17(26)11-24-20(27)13-6-4-5-7-14(13)21(24)28/h8-10,13-14H,4-7,11H2,1-3H3. The van der Waals surface area contributed by atoms with Crippen LogP contribution in [0.3, 0.4) is 0 Å². The van der Waals surface area contributed by atoms with Crippen LogP contribution in [-0.4, -0.2) is 29.2 Å². The molecule has 0 spiro atoms. The third-order valence-corrected chi connectivity index (χ3v) is 10.2. The van der Waals surface area contributed by atoms with Crippen molar-refractivity contribution < 1.29 is 14.4 Å². The highest BCUT2D eigenvalue weighted by atomic mass is 32.9. The van der Waals surface area contributed by atoms with Gasteiger partial charge in [-0.25, -0.2) is 0 Å². The van der Waals surface area contributed by atoms with E-state index in [1.165, 1.54) is 4.90 Å². The zero-order valence-electron chi connectivity index (χ0n) is 17.8. The number of hydrogen-bond donors (Lipinski definition) is 0. The molecule has 3 heterocycles. The maximum Gasteiger partial charge on any atom is 0.247 e. The lowest BCUT2D eigenvalue weighted by atomic mass is 9.81. The molecule has 0 N–H and O–H groups in total. The molecular weight excluding hydrogens is 448 g/mol. The van der Waals surface area contributed by atoms with Crippen LogP contribution in [0.5, 0.6) is 0 Å². The zero-order valence-corrected chi connectivity index (χ0v) is 20.2. The Balaban J connectivity index is 1.55. The van der Waals surface area contributed by atoms with Crippen LogP contribution in [0, 0.1) is 22.6 Å². The van der Waals surface area contributed by atoms with Gasteiger partial charge in [-0.1, -0.05) is 57.9 Å². The minimum absolute atomic E-state index is 0.172. The molecule has 3 amide bonds. The Labute approximate surface area is 194 Å². The van der Waals surface area contributed by atoms with Crippen LogP contribution in [0.2, 0.25) is 0 Å². The van der Waals surface area contributed by atoms with E-state index in [0.717, 1.165) is 56.8 Å². The first kappa shape index (κ1) is 21.0. The van der Waals surface area contributed by atoms with Gasteiger partial charge in [0.15, 0.2) is 0 Å². The van der Waals surface area contributed by atoms with Gasteiger partial charge in [-0.2, -0.15) is 0 Å². The van der Waals surface area contributed by atoms with Crippen molar-refractivity contribution in [1.82, 2.24) is 4.90 Å². The molecule has 1 saturated carbocycles. The maximum absolute atomic E-state index is 13.7. The van der Waals surface area contributed by atoms with Gasteiger partial charge in [-0.05, 0) is 45.2 Å². The highest BCUT2D eigenvalue weighted by Crippen LogP contribution is 2.52. The van der Waals surface area contributed by atoms with E-state index in [1.54, 1.807) is 25.6 Å². The summed E-state index contributed by atoms with van der Waals surface area (Å²) in [5.41, 5.74) is 3.21. The lowest BCUT2D eigenvalue weighted by molar-refractivity contribution is -0.143. The maximum atomic E-state index is 13.7. The number of benzene rings is 1. The van der Waals surface area contributed by atoms with Gasteiger partial charge >= 0.3 is 0 Å². The Hall–Kier alpha value is -1.90. The van der Waals surface area contributed by atoms with E-state index >= 15 is 0 Å². The average Bonchev–Trinajstić information content (AvgIpc) is 3.23. The number of likely N-dealkylation sites (tertiary alicyclic amines) is 1. The lowest BCUT2D eigenvalue weighted by Gasteiger charge is -2.43. The number of amides is 3. The van der Waals surface area contributed by atoms with E-state index in [2.05, 4.69) is 0 Å². The van der Waals surface area contributed by atoms with Crippen molar-refractivity contribution in [2.75, 3.05) is 11.4 Å². The summed E-state index contributed by atoms with van der Waals surface area (Å²) in [4.78, 5) is 43.7. The molecular formula is C23H24N2O3S3. The minimum Gasteiger partial charge on any atom is -0.300 e. The normalized spacial score (nSPS) is 24.1. The molecule has 2 unspecified atom stereocenters. The van der Waals surface area contributed by atoms with E-state index in [1.807, 2.05) is 39.0 Å². The molecule has 0 bridgehead atoms. The fourth-order valence-corrected chi connectivity index (χ4v) is 8.66. The number of fused-ring (bicyclic) bond motifs is 4. The molecule has 5 rings (SSSR count). The van der Waals surface area contributed by atoms with E-state index in [9.17, 15) is 14.4 Å². The first-order chi connectivity index (χ1) is 14.7. The number of carbonyl (C=O) groups is 3. The van der Waals surface area contributed by atoms with Crippen molar-refractivity contribution in [2.45, 2.75) is 52.0 Å². The second-order valence-electron chi connectivity index (χ2n) is 9.23. The molecule has 2 atom stereocenters. The van der Waals surface area contributed by atoms with Gasteiger partial charge in [0.05, 0.1) is 27.9 Å². The van der Waals surface area contributed by atoms with Crippen LogP contribution >= 0.6 is 32.9 Å². The Kier molecular flexibility index (Phi) is 4.95. The molecule has 31 heavy (non-hydrogen) atoms.